The lowest BCUT2D eigenvalue weighted by molar-refractivity contribution is 0.0154. The van der Waals surface area contributed by atoms with Crippen molar-refractivity contribution in [1.82, 2.24) is 9.88 Å². The molecule has 3 unspecified atom stereocenters. The van der Waals surface area contributed by atoms with Crippen molar-refractivity contribution in [1.29, 1.82) is 0 Å². The van der Waals surface area contributed by atoms with Crippen LogP contribution in [0.1, 0.15) is 31.1 Å². The average Bonchev–Trinajstić information content (AvgIpc) is 3.09. The largest absolute Gasteiger partial charge is 0.379 e. The molecule has 1 saturated heterocycles. The second-order valence-corrected chi connectivity index (χ2v) is 7.19. The Bertz CT molecular complexity index is 660. The van der Waals surface area contributed by atoms with Gasteiger partial charge in [-0.25, -0.2) is 9.98 Å². The summed E-state index contributed by atoms with van der Waals surface area (Å²) in [5, 5.41) is 0. The van der Waals surface area contributed by atoms with Crippen molar-refractivity contribution in [3.8, 4) is 0 Å². The molecule has 7 heteroatoms. The predicted octanol–water partition coefficient (Wildman–Crippen LogP) is 2.10. The molecule has 4 heterocycles. The van der Waals surface area contributed by atoms with E-state index in [1.54, 1.807) is 11.3 Å². The van der Waals surface area contributed by atoms with E-state index in [2.05, 4.69) is 33.0 Å². The Balaban J connectivity index is 1.72. The quantitative estimate of drug-likeness (QED) is 0.900. The first kappa shape index (κ1) is 14.8. The summed E-state index contributed by atoms with van der Waals surface area (Å²) in [5.74, 6) is 0.659. The van der Waals surface area contributed by atoms with Crippen LogP contribution in [0.15, 0.2) is 27.9 Å². The highest BCUT2D eigenvalue weighted by atomic mass is 32.1. The smallest absolute Gasteiger partial charge is 0.217 e. The molecular weight excluding hydrogens is 310 g/mol. The summed E-state index contributed by atoms with van der Waals surface area (Å²) in [5.41, 5.74) is 10.2. The molecule has 1 aromatic rings. The standard InChI is InChI=1S/C16H21N5OS/c1-10-13-5-11(14-6-18-9-23-14)7-21(12-3-2-4-22-8-12)15(13)20-16(17)19-10/h6-7,9,12-13,15H,2-5,8H2,1H3,(H2,17,20). The van der Waals surface area contributed by atoms with Gasteiger partial charge in [-0.15, -0.1) is 11.3 Å². The summed E-state index contributed by atoms with van der Waals surface area (Å²) >= 11 is 1.68. The van der Waals surface area contributed by atoms with Crippen LogP contribution in [0, 0.1) is 5.92 Å². The summed E-state index contributed by atoms with van der Waals surface area (Å²) in [4.78, 5) is 16.9. The fourth-order valence-electron chi connectivity index (χ4n) is 3.63. The number of nitrogens with two attached hydrogens (primary N) is 1. The lowest BCUT2D eigenvalue weighted by atomic mass is 9.86. The predicted molar refractivity (Wildman–Crippen MR) is 92.4 cm³/mol. The summed E-state index contributed by atoms with van der Waals surface area (Å²) in [6.07, 6.45) is 7.39. The van der Waals surface area contributed by atoms with Crippen molar-refractivity contribution in [3.63, 3.8) is 0 Å². The first-order valence-corrected chi connectivity index (χ1v) is 8.93. The third-order valence-electron chi connectivity index (χ3n) is 4.81. The summed E-state index contributed by atoms with van der Waals surface area (Å²) in [6, 6.07) is 0.349. The number of aromatic nitrogens is 1. The van der Waals surface area contributed by atoms with E-state index in [0.29, 0.717) is 12.0 Å². The molecule has 6 nitrogen and oxygen atoms in total. The van der Waals surface area contributed by atoms with Crippen LogP contribution in [-0.4, -0.2) is 47.0 Å². The minimum Gasteiger partial charge on any atom is -0.379 e. The van der Waals surface area contributed by atoms with Gasteiger partial charge in [0.05, 0.1) is 23.0 Å². The van der Waals surface area contributed by atoms with Gasteiger partial charge >= 0.3 is 0 Å². The van der Waals surface area contributed by atoms with Gasteiger partial charge in [-0.1, -0.05) is 0 Å². The Morgan fingerprint density at radius 2 is 2.35 bits per heavy atom. The molecule has 23 heavy (non-hydrogen) atoms. The van der Waals surface area contributed by atoms with Gasteiger partial charge in [0.15, 0.2) is 0 Å². The Morgan fingerprint density at radius 1 is 1.43 bits per heavy atom. The summed E-state index contributed by atoms with van der Waals surface area (Å²) < 4.78 is 5.70. The zero-order valence-corrected chi connectivity index (χ0v) is 14.0. The van der Waals surface area contributed by atoms with Gasteiger partial charge in [-0.05, 0) is 31.8 Å². The molecule has 0 spiro atoms. The Morgan fingerprint density at radius 3 is 3.09 bits per heavy atom. The van der Waals surface area contributed by atoms with E-state index in [9.17, 15) is 0 Å². The molecule has 0 aromatic carbocycles. The van der Waals surface area contributed by atoms with Gasteiger partial charge in [0.1, 0.15) is 6.17 Å². The number of fused-ring (bicyclic) bond motifs is 1. The summed E-state index contributed by atoms with van der Waals surface area (Å²) in [7, 11) is 0. The van der Waals surface area contributed by atoms with Crippen LogP contribution in [0.5, 0.6) is 0 Å². The molecule has 122 valence electrons. The molecule has 4 rings (SSSR count). The highest BCUT2D eigenvalue weighted by Crippen LogP contribution is 2.38. The molecule has 2 N–H and O–H groups in total. The van der Waals surface area contributed by atoms with Gasteiger partial charge in [0.2, 0.25) is 5.96 Å². The van der Waals surface area contributed by atoms with Crippen LogP contribution in [-0.2, 0) is 4.74 Å². The number of aliphatic imine (C=N–C) groups is 2. The maximum Gasteiger partial charge on any atom is 0.217 e. The van der Waals surface area contributed by atoms with Crippen LogP contribution in [0.3, 0.4) is 0 Å². The van der Waals surface area contributed by atoms with Crippen molar-refractivity contribution >= 4 is 28.6 Å². The second-order valence-electron chi connectivity index (χ2n) is 6.30. The normalized spacial score (nSPS) is 31.1. The van der Waals surface area contributed by atoms with E-state index in [0.717, 1.165) is 38.2 Å². The topological polar surface area (TPSA) is 76.1 Å². The molecular formula is C16H21N5OS. The van der Waals surface area contributed by atoms with Crippen molar-refractivity contribution in [2.24, 2.45) is 21.6 Å². The number of nitrogens with zero attached hydrogens (tertiary/aromatic N) is 4. The van der Waals surface area contributed by atoms with Gasteiger partial charge < -0.3 is 15.4 Å². The van der Waals surface area contributed by atoms with Crippen molar-refractivity contribution < 1.29 is 4.74 Å². The monoisotopic (exact) mass is 331 g/mol. The first-order valence-electron chi connectivity index (χ1n) is 8.05. The molecule has 3 aliphatic rings. The third-order valence-corrected chi connectivity index (χ3v) is 5.66. The zero-order chi connectivity index (χ0) is 15.8. The summed E-state index contributed by atoms with van der Waals surface area (Å²) in [6.45, 7) is 3.67. The maximum atomic E-state index is 5.93. The minimum absolute atomic E-state index is 0.0378. The highest BCUT2D eigenvalue weighted by Gasteiger charge is 2.39. The fraction of sp³-hybridized carbons (Fsp3) is 0.562. The molecule has 1 fully saturated rings. The van der Waals surface area contributed by atoms with Crippen LogP contribution in [0.2, 0.25) is 0 Å². The number of hydrogen-bond donors (Lipinski definition) is 1. The molecule has 0 aliphatic carbocycles. The lowest BCUT2D eigenvalue weighted by Crippen LogP contribution is -2.51. The maximum absolute atomic E-state index is 5.93. The number of thiazole rings is 1. The second kappa shape index (κ2) is 6.05. The van der Waals surface area contributed by atoms with E-state index < -0.39 is 0 Å². The number of hydrogen-bond acceptors (Lipinski definition) is 7. The van der Waals surface area contributed by atoms with E-state index in [4.69, 9.17) is 10.5 Å². The number of rotatable bonds is 2. The minimum atomic E-state index is 0.0378. The van der Waals surface area contributed by atoms with Crippen LogP contribution in [0.4, 0.5) is 0 Å². The van der Waals surface area contributed by atoms with E-state index in [1.165, 1.54) is 10.5 Å². The number of ether oxygens (including phenoxy) is 1. The fourth-order valence-corrected chi connectivity index (χ4v) is 4.27. The molecule has 3 atom stereocenters. The SMILES string of the molecule is CC1=NC(N)=NC2C1CC(c1cncs1)=CN2C1CCCOC1. The number of allylic oxidation sites excluding steroid dienone is 1. The zero-order valence-electron chi connectivity index (χ0n) is 13.2. The van der Waals surface area contributed by atoms with Gasteiger partial charge in [-0.2, -0.15) is 0 Å². The molecule has 3 aliphatic heterocycles. The Kier molecular flexibility index (Phi) is 3.90. The van der Waals surface area contributed by atoms with Crippen molar-refractivity contribution in [2.75, 3.05) is 13.2 Å². The van der Waals surface area contributed by atoms with Crippen LogP contribution < -0.4 is 5.73 Å². The average molecular weight is 331 g/mol. The molecule has 0 bridgehead atoms. The first-order chi connectivity index (χ1) is 11.2. The Hall–Kier alpha value is -1.73. The van der Waals surface area contributed by atoms with Gasteiger partial charge in [0.25, 0.3) is 0 Å². The molecule has 0 saturated carbocycles. The van der Waals surface area contributed by atoms with Gasteiger partial charge in [0, 0.05) is 30.6 Å². The number of guanidine groups is 1. The Labute approximate surface area is 139 Å². The van der Waals surface area contributed by atoms with Crippen molar-refractivity contribution in [2.45, 2.75) is 38.4 Å². The van der Waals surface area contributed by atoms with E-state index >= 15 is 0 Å². The molecule has 0 radical (unpaired) electrons. The van der Waals surface area contributed by atoms with E-state index in [1.807, 2.05) is 11.7 Å². The van der Waals surface area contributed by atoms with Crippen molar-refractivity contribution in [3.05, 3.63) is 22.8 Å². The highest BCUT2D eigenvalue weighted by molar-refractivity contribution is 7.10. The van der Waals surface area contributed by atoms with Crippen LogP contribution in [0.25, 0.3) is 5.57 Å². The third kappa shape index (κ3) is 2.79. The molecule has 1 aromatic heterocycles. The lowest BCUT2D eigenvalue weighted by Gasteiger charge is -2.45. The van der Waals surface area contributed by atoms with Crippen LogP contribution >= 0.6 is 11.3 Å². The van der Waals surface area contributed by atoms with E-state index in [-0.39, 0.29) is 12.1 Å². The molecule has 0 amide bonds. The van der Waals surface area contributed by atoms with Gasteiger partial charge in [-0.3, -0.25) is 4.98 Å².